The van der Waals surface area contributed by atoms with Crippen molar-refractivity contribution < 1.29 is 14.3 Å². The third kappa shape index (κ3) is 5.72. The molecule has 0 aromatic heterocycles. The molecule has 0 bridgehead atoms. The molecule has 0 fully saturated rings. The van der Waals surface area contributed by atoms with Crippen molar-refractivity contribution in [3.63, 3.8) is 0 Å². The number of methoxy groups -OCH3 is 1. The van der Waals surface area contributed by atoms with E-state index in [-0.39, 0.29) is 5.91 Å². The third-order valence-corrected chi connectivity index (χ3v) is 2.49. The van der Waals surface area contributed by atoms with Crippen molar-refractivity contribution in [1.29, 1.82) is 0 Å². The summed E-state index contributed by atoms with van der Waals surface area (Å²) in [6, 6.07) is 7.57. The number of hydrogen-bond donors (Lipinski definition) is 2. The van der Waals surface area contributed by atoms with Crippen LogP contribution in [0.1, 0.15) is 19.4 Å². The number of carbonyl (C=O) groups excluding carboxylic acids is 1. The fourth-order valence-corrected chi connectivity index (χ4v) is 1.40. The smallest absolute Gasteiger partial charge is 0.239 e. The molecule has 0 saturated carbocycles. The lowest BCUT2D eigenvalue weighted by Gasteiger charge is -2.17. The summed E-state index contributed by atoms with van der Waals surface area (Å²) in [5.41, 5.74) is 5.80. The second-order valence-corrected chi connectivity index (χ2v) is 4.89. The summed E-state index contributed by atoms with van der Waals surface area (Å²) in [4.78, 5) is 11.6. The maximum absolute atomic E-state index is 11.6. The van der Waals surface area contributed by atoms with Crippen molar-refractivity contribution in [3.05, 3.63) is 29.8 Å². The Balaban J connectivity index is 2.50. The lowest BCUT2D eigenvalue weighted by atomic mass is 10.1. The molecular weight excluding hydrogens is 244 g/mol. The number of rotatable bonds is 7. The molecule has 0 aliphatic carbocycles. The Morgan fingerprint density at radius 2 is 2.11 bits per heavy atom. The highest BCUT2D eigenvalue weighted by atomic mass is 16.5. The summed E-state index contributed by atoms with van der Waals surface area (Å²) in [6.45, 7) is 4.82. The molecule has 0 saturated heterocycles. The Hall–Kier alpha value is -1.59. The summed E-state index contributed by atoms with van der Waals surface area (Å²) in [7, 11) is 1.63. The zero-order valence-electron chi connectivity index (χ0n) is 11.7. The lowest BCUT2D eigenvalue weighted by Crippen LogP contribution is -2.48. The summed E-state index contributed by atoms with van der Waals surface area (Å²) >= 11 is 0. The number of carbonyl (C=O) groups is 1. The Labute approximate surface area is 114 Å². The van der Waals surface area contributed by atoms with Crippen LogP contribution in [-0.4, -0.2) is 31.8 Å². The van der Waals surface area contributed by atoms with E-state index < -0.39 is 5.54 Å². The summed E-state index contributed by atoms with van der Waals surface area (Å²) in [5.74, 6) is 0.578. The topological polar surface area (TPSA) is 73.6 Å². The molecule has 5 heteroatoms. The molecule has 0 radical (unpaired) electrons. The molecule has 1 amide bonds. The van der Waals surface area contributed by atoms with E-state index in [4.69, 9.17) is 15.2 Å². The van der Waals surface area contributed by atoms with E-state index in [0.717, 1.165) is 11.3 Å². The Bertz CT molecular complexity index is 413. The molecule has 0 aliphatic rings. The Morgan fingerprint density at radius 3 is 2.74 bits per heavy atom. The minimum absolute atomic E-state index is 0.182. The van der Waals surface area contributed by atoms with Gasteiger partial charge in [-0.15, -0.1) is 0 Å². The Kier molecular flexibility index (Phi) is 5.79. The fraction of sp³-hybridized carbons (Fsp3) is 0.500. The standard InChI is InChI=1S/C14H22N2O3/c1-14(2,15)13(17)16-10-11-5-4-6-12(9-11)19-8-7-18-3/h4-6,9H,7-8,10,15H2,1-3H3,(H,16,17). The molecular formula is C14H22N2O3. The lowest BCUT2D eigenvalue weighted by molar-refractivity contribution is -0.125. The van der Waals surface area contributed by atoms with E-state index in [2.05, 4.69) is 5.32 Å². The van der Waals surface area contributed by atoms with Crippen LogP contribution in [-0.2, 0) is 16.1 Å². The largest absolute Gasteiger partial charge is 0.491 e. The van der Waals surface area contributed by atoms with Crippen LogP contribution in [0.4, 0.5) is 0 Å². The predicted molar refractivity (Wildman–Crippen MR) is 73.9 cm³/mol. The number of ether oxygens (including phenoxy) is 2. The summed E-state index contributed by atoms with van der Waals surface area (Å²) in [5, 5.41) is 2.79. The molecule has 1 rings (SSSR count). The van der Waals surface area contributed by atoms with Crippen LogP contribution in [0.25, 0.3) is 0 Å². The highest BCUT2D eigenvalue weighted by molar-refractivity contribution is 5.84. The van der Waals surface area contributed by atoms with Crippen LogP contribution in [0.3, 0.4) is 0 Å². The number of nitrogens with one attached hydrogen (secondary N) is 1. The third-order valence-electron chi connectivity index (χ3n) is 2.49. The molecule has 0 atom stereocenters. The molecule has 0 spiro atoms. The van der Waals surface area contributed by atoms with Gasteiger partial charge < -0.3 is 20.5 Å². The number of nitrogens with two attached hydrogens (primary N) is 1. The first kappa shape index (κ1) is 15.5. The van der Waals surface area contributed by atoms with Crippen molar-refractivity contribution in [2.75, 3.05) is 20.3 Å². The molecule has 0 aliphatic heterocycles. The number of amides is 1. The minimum Gasteiger partial charge on any atom is -0.491 e. The van der Waals surface area contributed by atoms with E-state index in [0.29, 0.717) is 19.8 Å². The monoisotopic (exact) mass is 266 g/mol. The van der Waals surface area contributed by atoms with Crippen molar-refractivity contribution >= 4 is 5.91 Å². The quantitative estimate of drug-likeness (QED) is 0.724. The number of hydrogen-bond acceptors (Lipinski definition) is 4. The van der Waals surface area contributed by atoms with E-state index in [1.165, 1.54) is 0 Å². The SMILES string of the molecule is COCCOc1cccc(CNC(=O)C(C)(C)N)c1. The highest BCUT2D eigenvalue weighted by Crippen LogP contribution is 2.13. The van der Waals surface area contributed by atoms with Crippen LogP contribution < -0.4 is 15.8 Å². The van der Waals surface area contributed by atoms with Gasteiger partial charge in [0.2, 0.25) is 5.91 Å². The van der Waals surface area contributed by atoms with Crippen LogP contribution in [0.5, 0.6) is 5.75 Å². The van der Waals surface area contributed by atoms with Gasteiger partial charge in [-0.3, -0.25) is 4.79 Å². The molecule has 1 aromatic rings. The van der Waals surface area contributed by atoms with Crippen LogP contribution in [0.15, 0.2) is 24.3 Å². The van der Waals surface area contributed by atoms with E-state index in [1.807, 2.05) is 24.3 Å². The van der Waals surface area contributed by atoms with Crippen LogP contribution in [0.2, 0.25) is 0 Å². The molecule has 1 aromatic carbocycles. The van der Waals surface area contributed by atoms with Crippen molar-refractivity contribution in [1.82, 2.24) is 5.32 Å². The zero-order valence-corrected chi connectivity index (χ0v) is 11.7. The van der Waals surface area contributed by atoms with Crippen molar-refractivity contribution in [3.8, 4) is 5.75 Å². The number of benzene rings is 1. The first-order chi connectivity index (χ1) is 8.93. The first-order valence-electron chi connectivity index (χ1n) is 6.21. The average Bonchev–Trinajstić information content (AvgIpc) is 2.35. The Morgan fingerprint density at radius 1 is 1.37 bits per heavy atom. The summed E-state index contributed by atoms with van der Waals surface area (Å²) < 4.78 is 10.4. The molecule has 0 unspecified atom stereocenters. The minimum atomic E-state index is -0.868. The van der Waals surface area contributed by atoms with Gasteiger partial charge in [0.25, 0.3) is 0 Å². The maximum Gasteiger partial charge on any atom is 0.239 e. The molecule has 19 heavy (non-hydrogen) atoms. The van der Waals surface area contributed by atoms with Gasteiger partial charge in [-0.1, -0.05) is 12.1 Å². The average molecular weight is 266 g/mol. The zero-order chi connectivity index (χ0) is 14.3. The molecule has 3 N–H and O–H groups in total. The van der Waals surface area contributed by atoms with Crippen LogP contribution in [0, 0.1) is 0 Å². The van der Waals surface area contributed by atoms with Crippen molar-refractivity contribution in [2.45, 2.75) is 25.9 Å². The van der Waals surface area contributed by atoms with E-state index in [9.17, 15) is 4.79 Å². The van der Waals surface area contributed by atoms with Gasteiger partial charge in [-0.2, -0.15) is 0 Å². The fourth-order valence-electron chi connectivity index (χ4n) is 1.40. The van der Waals surface area contributed by atoms with Crippen molar-refractivity contribution in [2.24, 2.45) is 5.73 Å². The first-order valence-corrected chi connectivity index (χ1v) is 6.21. The van der Waals surface area contributed by atoms with E-state index >= 15 is 0 Å². The van der Waals surface area contributed by atoms with Gasteiger partial charge in [-0.25, -0.2) is 0 Å². The normalized spacial score (nSPS) is 11.2. The molecule has 0 heterocycles. The predicted octanol–water partition coefficient (Wildman–Crippen LogP) is 1.07. The van der Waals surface area contributed by atoms with E-state index in [1.54, 1.807) is 21.0 Å². The summed E-state index contributed by atoms with van der Waals surface area (Å²) in [6.07, 6.45) is 0. The molecule has 5 nitrogen and oxygen atoms in total. The van der Waals surface area contributed by atoms with Gasteiger partial charge >= 0.3 is 0 Å². The van der Waals surface area contributed by atoms with Gasteiger partial charge in [0.1, 0.15) is 12.4 Å². The van der Waals surface area contributed by atoms with Gasteiger partial charge in [0, 0.05) is 13.7 Å². The van der Waals surface area contributed by atoms with Gasteiger partial charge in [0.05, 0.1) is 12.1 Å². The van der Waals surface area contributed by atoms with Crippen LogP contribution >= 0.6 is 0 Å². The molecule has 106 valence electrons. The van der Waals surface area contributed by atoms with Gasteiger partial charge in [-0.05, 0) is 31.5 Å². The maximum atomic E-state index is 11.6. The second kappa shape index (κ2) is 7.11. The van der Waals surface area contributed by atoms with Gasteiger partial charge in [0.15, 0.2) is 0 Å². The second-order valence-electron chi connectivity index (χ2n) is 4.89. The highest BCUT2D eigenvalue weighted by Gasteiger charge is 2.20.